The van der Waals surface area contributed by atoms with Gasteiger partial charge in [-0.3, -0.25) is 10.1 Å². The van der Waals surface area contributed by atoms with Crippen LogP contribution in [0.4, 0.5) is 10.3 Å². The number of amides is 1. The van der Waals surface area contributed by atoms with Gasteiger partial charge in [0.25, 0.3) is 5.91 Å². The van der Waals surface area contributed by atoms with E-state index < -0.39 is 11.7 Å². The Kier molecular flexibility index (Phi) is 3.35. The molecule has 106 valence electrons. The molecule has 6 heteroatoms. The predicted octanol–water partition coefficient (Wildman–Crippen LogP) is 3.62. The number of para-hydroxylation sites is 2. The quantitative estimate of drug-likeness (QED) is 0.786. The van der Waals surface area contributed by atoms with Gasteiger partial charge in [0.15, 0.2) is 0 Å². The highest BCUT2D eigenvalue weighted by molar-refractivity contribution is 6.34. The van der Waals surface area contributed by atoms with E-state index in [9.17, 15) is 9.18 Å². The highest BCUT2D eigenvalue weighted by Crippen LogP contribution is 2.22. The third kappa shape index (κ3) is 2.36. The van der Waals surface area contributed by atoms with Crippen LogP contribution in [0.2, 0.25) is 5.02 Å². The molecule has 0 saturated carbocycles. The molecule has 2 aromatic carbocycles. The van der Waals surface area contributed by atoms with Crippen molar-refractivity contribution in [1.82, 2.24) is 9.55 Å². The van der Waals surface area contributed by atoms with E-state index in [0.717, 1.165) is 11.0 Å². The van der Waals surface area contributed by atoms with Crippen LogP contribution in [0, 0.1) is 5.82 Å². The van der Waals surface area contributed by atoms with Gasteiger partial charge in [-0.05, 0) is 24.3 Å². The van der Waals surface area contributed by atoms with E-state index >= 15 is 0 Å². The van der Waals surface area contributed by atoms with Crippen LogP contribution in [-0.2, 0) is 7.05 Å². The molecule has 21 heavy (non-hydrogen) atoms. The Hall–Kier alpha value is -2.40. The van der Waals surface area contributed by atoms with Crippen molar-refractivity contribution in [3.63, 3.8) is 0 Å². The molecule has 0 saturated heterocycles. The molecule has 0 aliphatic rings. The number of aryl methyl sites for hydroxylation is 1. The van der Waals surface area contributed by atoms with Gasteiger partial charge in [0.2, 0.25) is 5.95 Å². The van der Waals surface area contributed by atoms with Gasteiger partial charge in [-0.2, -0.15) is 0 Å². The van der Waals surface area contributed by atoms with Crippen molar-refractivity contribution >= 4 is 34.5 Å². The third-order valence-electron chi connectivity index (χ3n) is 3.20. The highest BCUT2D eigenvalue weighted by atomic mass is 35.5. The molecule has 4 nitrogen and oxygen atoms in total. The molecular formula is C15H11ClFN3O. The van der Waals surface area contributed by atoms with Crippen molar-refractivity contribution < 1.29 is 9.18 Å². The molecule has 0 aliphatic carbocycles. The molecule has 0 radical (unpaired) electrons. The number of carbonyl (C=O) groups excluding carboxylic acids is 1. The summed E-state index contributed by atoms with van der Waals surface area (Å²) in [5.74, 6) is -0.962. The number of nitrogens with one attached hydrogen (secondary N) is 1. The van der Waals surface area contributed by atoms with Gasteiger partial charge in [0.05, 0.1) is 21.6 Å². The number of rotatable bonds is 2. The minimum atomic E-state index is -0.668. The average Bonchev–Trinajstić information content (AvgIpc) is 2.76. The Balaban J connectivity index is 1.99. The van der Waals surface area contributed by atoms with E-state index in [1.165, 1.54) is 18.2 Å². The second-order valence-electron chi connectivity index (χ2n) is 4.53. The van der Waals surface area contributed by atoms with E-state index in [-0.39, 0.29) is 10.6 Å². The molecule has 1 amide bonds. The lowest BCUT2D eigenvalue weighted by molar-refractivity contribution is 0.102. The summed E-state index contributed by atoms with van der Waals surface area (Å²) < 4.78 is 15.5. The maximum atomic E-state index is 13.7. The van der Waals surface area contributed by atoms with Crippen LogP contribution in [0.3, 0.4) is 0 Å². The van der Waals surface area contributed by atoms with Crippen LogP contribution >= 0.6 is 11.6 Å². The normalized spacial score (nSPS) is 10.8. The first-order valence-electron chi connectivity index (χ1n) is 6.25. The zero-order valence-corrected chi connectivity index (χ0v) is 11.9. The van der Waals surface area contributed by atoms with Gasteiger partial charge in [-0.1, -0.05) is 29.8 Å². The number of hydrogen-bond donors (Lipinski definition) is 1. The molecule has 3 rings (SSSR count). The number of fused-ring (bicyclic) bond motifs is 1. The van der Waals surface area contributed by atoms with Crippen molar-refractivity contribution in [2.75, 3.05) is 5.32 Å². The highest BCUT2D eigenvalue weighted by Gasteiger charge is 2.18. The molecule has 0 atom stereocenters. The van der Waals surface area contributed by atoms with Crippen LogP contribution in [0.5, 0.6) is 0 Å². The lowest BCUT2D eigenvalue weighted by Gasteiger charge is -2.07. The second-order valence-corrected chi connectivity index (χ2v) is 4.94. The Morgan fingerprint density at radius 2 is 2.00 bits per heavy atom. The summed E-state index contributed by atoms with van der Waals surface area (Å²) in [5.41, 5.74) is 1.42. The number of anilines is 1. The smallest absolute Gasteiger partial charge is 0.262 e. The van der Waals surface area contributed by atoms with Crippen LogP contribution in [0.1, 0.15) is 10.4 Å². The van der Waals surface area contributed by atoms with Gasteiger partial charge < -0.3 is 4.57 Å². The first-order chi connectivity index (χ1) is 10.1. The van der Waals surface area contributed by atoms with Gasteiger partial charge in [-0.15, -0.1) is 0 Å². The Morgan fingerprint density at radius 3 is 2.71 bits per heavy atom. The fraction of sp³-hybridized carbons (Fsp3) is 0.0667. The fourth-order valence-electron chi connectivity index (χ4n) is 2.14. The summed E-state index contributed by atoms with van der Waals surface area (Å²) in [6.45, 7) is 0. The van der Waals surface area contributed by atoms with Crippen LogP contribution in [-0.4, -0.2) is 15.5 Å². The van der Waals surface area contributed by atoms with Crippen molar-refractivity contribution in [1.29, 1.82) is 0 Å². The average molecular weight is 304 g/mol. The van der Waals surface area contributed by atoms with Crippen molar-refractivity contribution in [2.45, 2.75) is 0 Å². The SMILES string of the molecule is Cn1c(NC(=O)c2c(F)cccc2Cl)nc2ccccc21. The van der Waals surface area contributed by atoms with Gasteiger partial charge in [0.1, 0.15) is 5.82 Å². The van der Waals surface area contributed by atoms with E-state index in [1.54, 1.807) is 11.6 Å². The summed E-state index contributed by atoms with van der Waals surface area (Å²) in [5, 5.41) is 2.65. The number of aromatic nitrogens is 2. The maximum absolute atomic E-state index is 13.7. The van der Waals surface area contributed by atoms with Crippen LogP contribution in [0.25, 0.3) is 11.0 Å². The minimum Gasteiger partial charge on any atom is -0.313 e. The number of imidazole rings is 1. The monoisotopic (exact) mass is 303 g/mol. The molecule has 0 bridgehead atoms. The molecule has 1 aromatic heterocycles. The van der Waals surface area contributed by atoms with Crippen LogP contribution < -0.4 is 5.32 Å². The van der Waals surface area contributed by atoms with E-state index in [1.807, 2.05) is 24.3 Å². The zero-order chi connectivity index (χ0) is 15.0. The summed E-state index contributed by atoms with van der Waals surface area (Å²) in [6.07, 6.45) is 0. The Bertz CT molecular complexity index is 824. The van der Waals surface area contributed by atoms with Gasteiger partial charge >= 0.3 is 0 Å². The number of halogens is 2. The largest absolute Gasteiger partial charge is 0.313 e. The summed E-state index contributed by atoms with van der Waals surface area (Å²) in [6, 6.07) is 11.6. The van der Waals surface area contributed by atoms with E-state index in [2.05, 4.69) is 10.3 Å². The van der Waals surface area contributed by atoms with Crippen molar-refractivity contribution in [3.05, 3.63) is 58.9 Å². The summed E-state index contributed by atoms with van der Waals surface area (Å²) in [4.78, 5) is 16.5. The lowest BCUT2D eigenvalue weighted by Crippen LogP contribution is -2.17. The number of carbonyl (C=O) groups is 1. The molecule has 0 aliphatic heterocycles. The molecule has 0 unspecified atom stereocenters. The van der Waals surface area contributed by atoms with Gasteiger partial charge in [0, 0.05) is 7.05 Å². The van der Waals surface area contributed by atoms with E-state index in [4.69, 9.17) is 11.6 Å². The van der Waals surface area contributed by atoms with Crippen LogP contribution in [0.15, 0.2) is 42.5 Å². The first-order valence-corrected chi connectivity index (χ1v) is 6.62. The lowest BCUT2D eigenvalue weighted by atomic mass is 10.2. The van der Waals surface area contributed by atoms with E-state index in [0.29, 0.717) is 5.95 Å². The number of nitrogens with zero attached hydrogens (tertiary/aromatic N) is 2. The summed E-state index contributed by atoms with van der Waals surface area (Å²) in [7, 11) is 1.77. The third-order valence-corrected chi connectivity index (χ3v) is 3.52. The Morgan fingerprint density at radius 1 is 1.24 bits per heavy atom. The molecule has 0 spiro atoms. The molecule has 1 heterocycles. The predicted molar refractivity (Wildman–Crippen MR) is 80.1 cm³/mol. The first kappa shape index (κ1) is 13.6. The maximum Gasteiger partial charge on any atom is 0.262 e. The number of benzene rings is 2. The zero-order valence-electron chi connectivity index (χ0n) is 11.1. The summed E-state index contributed by atoms with van der Waals surface area (Å²) >= 11 is 5.88. The fourth-order valence-corrected chi connectivity index (χ4v) is 2.38. The second kappa shape index (κ2) is 5.18. The molecule has 3 aromatic rings. The standard InChI is InChI=1S/C15H11ClFN3O/c1-20-12-8-3-2-7-11(12)18-15(20)19-14(21)13-9(16)5-4-6-10(13)17/h2-8H,1H3,(H,18,19,21). The van der Waals surface area contributed by atoms with Crippen molar-refractivity contribution in [2.24, 2.45) is 7.05 Å². The van der Waals surface area contributed by atoms with Gasteiger partial charge in [-0.25, -0.2) is 9.37 Å². The number of hydrogen-bond acceptors (Lipinski definition) is 2. The Labute approximate surface area is 125 Å². The molecule has 0 fully saturated rings. The van der Waals surface area contributed by atoms with Crippen molar-refractivity contribution in [3.8, 4) is 0 Å². The molecular weight excluding hydrogens is 293 g/mol. The minimum absolute atomic E-state index is 0.0614. The topological polar surface area (TPSA) is 46.9 Å². The molecule has 1 N–H and O–H groups in total.